The monoisotopic (exact) mass is 510 g/mol. The second-order valence-electron chi connectivity index (χ2n) is 9.22. The van der Waals surface area contributed by atoms with Gasteiger partial charge in [0.2, 0.25) is 0 Å². The zero-order chi connectivity index (χ0) is 25.1. The molecule has 0 saturated carbocycles. The summed E-state index contributed by atoms with van der Waals surface area (Å²) in [6.07, 6.45) is 6.04. The maximum atomic E-state index is 5.95. The van der Waals surface area contributed by atoms with Crippen LogP contribution in [0.25, 0.3) is 21.8 Å². The van der Waals surface area contributed by atoms with E-state index in [9.17, 15) is 0 Å². The molecule has 0 spiro atoms. The number of thiocarbonyl (C=S) groups is 2. The molecule has 2 N–H and O–H groups in total. The van der Waals surface area contributed by atoms with Gasteiger partial charge in [0.15, 0.2) is 0 Å². The molecule has 4 nitrogen and oxygen atoms in total. The van der Waals surface area contributed by atoms with Crippen molar-refractivity contribution in [3.05, 3.63) is 107 Å². The first-order valence-corrected chi connectivity index (χ1v) is 13.0. The van der Waals surface area contributed by atoms with Gasteiger partial charge in [-0.25, -0.2) is 0 Å². The van der Waals surface area contributed by atoms with E-state index in [0.29, 0.717) is 0 Å². The van der Waals surface area contributed by atoms with Gasteiger partial charge < -0.3 is 19.8 Å². The summed E-state index contributed by atoms with van der Waals surface area (Å²) in [5, 5.41) is 2.55. The molecule has 0 unspecified atom stereocenters. The van der Waals surface area contributed by atoms with Crippen LogP contribution < -0.4 is 0 Å². The van der Waals surface area contributed by atoms with E-state index in [1.807, 2.05) is 12.1 Å². The van der Waals surface area contributed by atoms with E-state index in [1.54, 1.807) is 0 Å². The molecule has 36 heavy (non-hydrogen) atoms. The van der Waals surface area contributed by atoms with Gasteiger partial charge in [-0.1, -0.05) is 85.1 Å². The lowest BCUT2D eigenvalue weighted by molar-refractivity contribution is 0.514. The Kier molecular flexibility index (Phi) is 7.16. The van der Waals surface area contributed by atoms with E-state index in [1.165, 1.54) is 32.9 Å². The van der Waals surface area contributed by atoms with Gasteiger partial charge >= 0.3 is 0 Å². The summed E-state index contributed by atoms with van der Waals surface area (Å²) < 4.78 is 0. The molecule has 3 aromatic carbocycles. The van der Waals surface area contributed by atoms with Gasteiger partial charge in [0.1, 0.15) is 9.98 Å². The SMILES string of the molecule is CN(CCc1c[nH]c2ccccc12)C(=S)c1ccccc1C(=S)N(C)CCc1c[nH]c2ccccc12. The number of likely N-dealkylation sites (N-methyl/N-ethyl adjacent to an activating group) is 2. The molecule has 0 saturated heterocycles. The van der Waals surface area contributed by atoms with E-state index in [4.69, 9.17) is 24.4 Å². The molecule has 0 fully saturated rings. The number of nitrogens with zero attached hydrogens (tertiary/aromatic N) is 2. The molecule has 0 atom stereocenters. The number of fused-ring (bicyclic) bond motifs is 2. The highest BCUT2D eigenvalue weighted by Gasteiger charge is 2.17. The summed E-state index contributed by atoms with van der Waals surface area (Å²) in [5.74, 6) is 0. The van der Waals surface area contributed by atoms with Crippen LogP contribution in [0.15, 0.2) is 85.2 Å². The Morgan fingerprint density at radius 3 is 1.44 bits per heavy atom. The van der Waals surface area contributed by atoms with Crippen LogP contribution in [-0.4, -0.2) is 56.9 Å². The molecule has 0 amide bonds. The standard InChI is InChI=1S/C30H30N4S2/c1-33(17-15-21-19-31-27-13-7-5-9-23(21)27)29(35)25-11-3-4-12-26(25)30(36)34(2)18-16-22-20-32-28-14-8-6-10-24(22)28/h3-14,19-20,31-32H,15-18H2,1-2H3. The summed E-state index contributed by atoms with van der Waals surface area (Å²) in [6, 6.07) is 25.1. The maximum absolute atomic E-state index is 5.95. The highest BCUT2D eigenvalue weighted by Crippen LogP contribution is 2.21. The molecule has 0 radical (unpaired) electrons. The fourth-order valence-corrected chi connectivity index (χ4v) is 5.26. The van der Waals surface area contributed by atoms with Crippen molar-refractivity contribution >= 4 is 56.2 Å². The molecule has 2 aromatic heterocycles. The van der Waals surface area contributed by atoms with Crippen molar-refractivity contribution in [2.75, 3.05) is 27.2 Å². The Morgan fingerprint density at radius 1 is 0.611 bits per heavy atom. The zero-order valence-electron chi connectivity index (χ0n) is 20.6. The second-order valence-corrected chi connectivity index (χ2v) is 9.99. The summed E-state index contributed by atoms with van der Waals surface area (Å²) in [4.78, 5) is 12.7. The minimum absolute atomic E-state index is 0.817. The van der Waals surface area contributed by atoms with Gasteiger partial charge in [-0.2, -0.15) is 0 Å². The number of hydrogen-bond acceptors (Lipinski definition) is 2. The van der Waals surface area contributed by atoms with Crippen LogP contribution in [0.5, 0.6) is 0 Å². The number of aromatic nitrogens is 2. The van der Waals surface area contributed by atoms with Gasteiger partial charge in [0.25, 0.3) is 0 Å². The maximum Gasteiger partial charge on any atom is 0.109 e. The topological polar surface area (TPSA) is 38.1 Å². The third kappa shape index (κ3) is 4.92. The molecule has 0 bridgehead atoms. The quantitative estimate of drug-likeness (QED) is 0.239. The third-order valence-corrected chi connectivity index (χ3v) is 7.93. The van der Waals surface area contributed by atoms with Crippen LogP contribution in [-0.2, 0) is 12.8 Å². The molecule has 2 heterocycles. The minimum Gasteiger partial charge on any atom is -0.365 e. The largest absolute Gasteiger partial charge is 0.365 e. The van der Waals surface area contributed by atoms with Crippen molar-refractivity contribution in [1.82, 2.24) is 19.8 Å². The van der Waals surface area contributed by atoms with E-state index in [2.05, 4.69) is 107 Å². The normalized spacial score (nSPS) is 11.2. The molecule has 0 aliphatic carbocycles. The Labute approximate surface area is 222 Å². The third-order valence-electron chi connectivity index (χ3n) is 6.86. The Balaban J connectivity index is 1.26. The van der Waals surface area contributed by atoms with Crippen LogP contribution in [0.1, 0.15) is 22.3 Å². The van der Waals surface area contributed by atoms with Crippen molar-refractivity contribution < 1.29 is 0 Å². The fraction of sp³-hybridized carbons (Fsp3) is 0.200. The van der Waals surface area contributed by atoms with Crippen LogP contribution in [0.4, 0.5) is 0 Å². The predicted molar refractivity (Wildman–Crippen MR) is 159 cm³/mol. The van der Waals surface area contributed by atoms with Crippen molar-refractivity contribution in [3.63, 3.8) is 0 Å². The predicted octanol–water partition coefficient (Wildman–Crippen LogP) is 6.35. The molecule has 0 aliphatic rings. The number of aromatic amines is 2. The molecule has 5 rings (SSSR count). The highest BCUT2D eigenvalue weighted by atomic mass is 32.1. The van der Waals surface area contributed by atoms with Crippen LogP contribution in [0, 0.1) is 0 Å². The Morgan fingerprint density at radius 2 is 1.00 bits per heavy atom. The first-order chi connectivity index (χ1) is 17.5. The van der Waals surface area contributed by atoms with E-state index in [0.717, 1.165) is 47.0 Å². The second kappa shape index (κ2) is 10.6. The number of benzene rings is 3. The lowest BCUT2D eigenvalue weighted by atomic mass is 10.1. The number of hydrogen-bond donors (Lipinski definition) is 2. The number of para-hydroxylation sites is 2. The summed E-state index contributed by atoms with van der Waals surface area (Å²) in [7, 11) is 4.13. The fourth-order valence-electron chi connectivity index (χ4n) is 4.72. The van der Waals surface area contributed by atoms with Crippen molar-refractivity contribution in [2.24, 2.45) is 0 Å². The van der Waals surface area contributed by atoms with Gasteiger partial charge in [-0.3, -0.25) is 0 Å². The first-order valence-electron chi connectivity index (χ1n) is 12.2. The molecule has 0 aliphatic heterocycles. The Bertz CT molecular complexity index is 1420. The lowest BCUT2D eigenvalue weighted by Crippen LogP contribution is -2.32. The molecular formula is C30H30N4S2. The minimum atomic E-state index is 0.817. The highest BCUT2D eigenvalue weighted by molar-refractivity contribution is 7.81. The summed E-state index contributed by atoms with van der Waals surface area (Å²) in [5.41, 5.74) is 6.98. The smallest absolute Gasteiger partial charge is 0.109 e. The van der Waals surface area contributed by atoms with Gasteiger partial charge in [-0.05, 0) is 36.1 Å². The number of nitrogens with one attached hydrogen (secondary N) is 2. The van der Waals surface area contributed by atoms with Crippen molar-refractivity contribution in [2.45, 2.75) is 12.8 Å². The molecule has 5 aromatic rings. The van der Waals surface area contributed by atoms with Crippen LogP contribution >= 0.6 is 24.4 Å². The van der Waals surface area contributed by atoms with Crippen molar-refractivity contribution in [3.8, 4) is 0 Å². The molecular weight excluding hydrogens is 480 g/mol. The lowest BCUT2D eigenvalue weighted by Gasteiger charge is -2.25. The van der Waals surface area contributed by atoms with Gasteiger partial charge in [-0.15, -0.1) is 0 Å². The van der Waals surface area contributed by atoms with E-state index in [-0.39, 0.29) is 0 Å². The van der Waals surface area contributed by atoms with Crippen molar-refractivity contribution in [1.29, 1.82) is 0 Å². The Hall–Kier alpha value is -3.48. The van der Waals surface area contributed by atoms with E-state index >= 15 is 0 Å². The average molecular weight is 511 g/mol. The first kappa shape index (κ1) is 24.2. The molecule has 6 heteroatoms. The number of H-pyrrole nitrogens is 2. The van der Waals surface area contributed by atoms with Gasteiger partial charge in [0, 0.05) is 72.5 Å². The van der Waals surface area contributed by atoms with E-state index < -0.39 is 0 Å². The molecule has 182 valence electrons. The number of rotatable bonds is 8. The van der Waals surface area contributed by atoms with Crippen LogP contribution in [0.2, 0.25) is 0 Å². The van der Waals surface area contributed by atoms with Crippen LogP contribution in [0.3, 0.4) is 0 Å². The summed E-state index contributed by atoms with van der Waals surface area (Å²) >= 11 is 11.9. The average Bonchev–Trinajstić information content (AvgIpc) is 3.53. The van der Waals surface area contributed by atoms with Gasteiger partial charge in [0.05, 0.1) is 0 Å². The summed E-state index contributed by atoms with van der Waals surface area (Å²) in [6.45, 7) is 1.66. The zero-order valence-corrected chi connectivity index (χ0v) is 22.3.